The predicted octanol–water partition coefficient (Wildman–Crippen LogP) is 4.62. The molecule has 0 atom stereocenters. The van der Waals surface area contributed by atoms with Crippen LogP contribution in [-0.2, 0) is 6.54 Å². The van der Waals surface area contributed by atoms with Crippen LogP contribution in [0.25, 0.3) is 10.2 Å². The first-order valence-electron chi connectivity index (χ1n) is 5.12. The minimum Gasteiger partial charge on any atom is -0.377 e. The molecule has 3 aromatic rings. The Morgan fingerprint density at radius 3 is 3.00 bits per heavy atom. The fourth-order valence-electron chi connectivity index (χ4n) is 1.66. The highest BCUT2D eigenvalue weighted by molar-refractivity contribution is 7.16. The van der Waals surface area contributed by atoms with E-state index in [0.29, 0.717) is 0 Å². The second-order valence-corrected chi connectivity index (χ2v) is 5.88. The number of thiazole rings is 1. The minimum atomic E-state index is 0.722. The van der Waals surface area contributed by atoms with Crippen LogP contribution in [0.5, 0.6) is 0 Å². The number of nitrogens with one attached hydrogen (secondary N) is 1. The molecule has 0 fully saturated rings. The number of fused-ring (bicyclic) bond motifs is 1. The van der Waals surface area contributed by atoms with Crippen molar-refractivity contribution in [2.24, 2.45) is 0 Å². The largest absolute Gasteiger partial charge is 0.377 e. The van der Waals surface area contributed by atoms with Gasteiger partial charge in [-0.1, -0.05) is 17.7 Å². The van der Waals surface area contributed by atoms with Crippen molar-refractivity contribution < 1.29 is 0 Å². The second-order valence-electron chi connectivity index (χ2n) is 3.55. The fourth-order valence-corrected chi connectivity index (χ4v) is 3.21. The number of hydrogen-bond acceptors (Lipinski definition) is 4. The molecule has 0 aliphatic carbocycles. The third-order valence-electron chi connectivity index (χ3n) is 2.47. The summed E-state index contributed by atoms with van der Waals surface area (Å²) in [5.74, 6) is 0. The molecule has 1 aromatic carbocycles. The molecule has 1 N–H and O–H groups in total. The Balaban J connectivity index is 1.93. The highest BCUT2D eigenvalue weighted by Crippen LogP contribution is 2.32. The number of hydrogen-bond donors (Lipinski definition) is 1. The van der Waals surface area contributed by atoms with E-state index in [1.807, 2.05) is 23.7 Å². The van der Waals surface area contributed by atoms with E-state index in [1.54, 1.807) is 22.7 Å². The number of nitrogens with zero attached hydrogens (tertiary/aromatic N) is 1. The Morgan fingerprint density at radius 2 is 2.18 bits per heavy atom. The zero-order valence-electron chi connectivity index (χ0n) is 8.81. The van der Waals surface area contributed by atoms with E-state index in [1.165, 1.54) is 4.88 Å². The molecule has 86 valence electrons. The van der Waals surface area contributed by atoms with E-state index < -0.39 is 0 Å². The zero-order chi connectivity index (χ0) is 11.7. The maximum Gasteiger partial charge on any atom is 0.106 e. The lowest BCUT2D eigenvalue weighted by Crippen LogP contribution is -1.98. The van der Waals surface area contributed by atoms with Crippen LogP contribution in [0.1, 0.15) is 4.88 Å². The van der Waals surface area contributed by atoms with E-state index in [-0.39, 0.29) is 0 Å². The van der Waals surface area contributed by atoms with E-state index in [4.69, 9.17) is 11.6 Å². The van der Waals surface area contributed by atoms with Gasteiger partial charge in [0.2, 0.25) is 0 Å². The fraction of sp³-hybridized carbons (Fsp3) is 0.0833. The van der Waals surface area contributed by atoms with E-state index in [2.05, 4.69) is 21.7 Å². The summed E-state index contributed by atoms with van der Waals surface area (Å²) in [6.07, 6.45) is 0. The summed E-state index contributed by atoms with van der Waals surface area (Å²) in [5.41, 5.74) is 3.73. The van der Waals surface area contributed by atoms with Crippen molar-refractivity contribution in [2.75, 3.05) is 5.32 Å². The number of halogens is 1. The molecule has 0 aliphatic heterocycles. The van der Waals surface area contributed by atoms with Crippen LogP contribution in [0.2, 0.25) is 5.02 Å². The minimum absolute atomic E-state index is 0.722. The van der Waals surface area contributed by atoms with Gasteiger partial charge >= 0.3 is 0 Å². The van der Waals surface area contributed by atoms with Gasteiger partial charge in [-0.15, -0.1) is 22.7 Å². The first-order valence-corrected chi connectivity index (χ1v) is 7.26. The standard InChI is InChI=1S/C12H9ClN2S2/c13-9-3-4-10-12(15-7-17-10)11(9)14-6-8-2-1-5-16-8/h1-5,7,14H,6H2. The van der Waals surface area contributed by atoms with Gasteiger partial charge in [0.1, 0.15) is 5.52 Å². The van der Waals surface area contributed by atoms with Crippen molar-refractivity contribution in [1.82, 2.24) is 4.98 Å². The molecule has 17 heavy (non-hydrogen) atoms. The van der Waals surface area contributed by atoms with Gasteiger partial charge in [-0.2, -0.15) is 0 Å². The van der Waals surface area contributed by atoms with Crippen LogP contribution in [0.15, 0.2) is 35.2 Å². The maximum absolute atomic E-state index is 6.21. The second kappa shape index (κ2) is 4.64. The lowest BCUT2D eigenvalue weighted by Gasteiger charge is -2.07. The molecule has 0 aliphatic rings. The van der Waals surface area contributed by atoms with Gasteiger partial charge in [-0.25, -0.2) is 4.98 Å². The van der Waals surface area contributed by atoms with Crippen molar-refractivity contribution in [3.8, 4) is 0 Å². The molecular formula is C12H9ClN2S2. The van der Waals surface area contributed by atoms with Crippen LogP contribution in [0.3, 0.4) is 0 Å². The first kappa shape index (κ1) is 11.0. The number of aromatic nitrogens is 1. The molecule has 5 heteroatoms. The number of benzene rings is 1. The first-order chi connectivity index (χ1) is 8.34. The van der Waals surface area contributed by atoms with Gasteiger partial charge in [0, 0.05) is 11.4 Å². The van der Waals surface area contributed by atoms with E-state index >= 15 is 0 Å². The maximum atomic E-state index is 6.21. The SMILES string of the molecule is Clc1ccc2scnc2c1NCc1cccs1. The van der Waals surface area contributed by atoms with Crippen LogP contribution in [0, 0.1) is 0 Å². The molecule has 0 unspecified atom stereocenters. The molecule has 2 nitrogen and oxygen atoms in total. The monoisotopic (exact) mass is 280 g/mol. The smallest absolute Gasteiger partial charge is 0.106 e. The predicted molar refractivity (Wildman–Crippen MR) is 76.3 cm³/mol. The Bertz CT molecular complexity index is 631. The van der Waals surface area contributed by atoms with Crippen LogP contribution in [0.4, 0.5) is 5.69 Å². The summed E-state index contributed by atoms with van der Waals surface area (Å²) in [4.78, 5) is 5.64. The summed E-state index contributed by atoms with van der Waals surface area (Å²) in [7, 11) is 0. The molecule has 3 rings (SSSR count). The topological polar surface area (TPSA) is 24.9 Å². The number of thiophene rings is 1. The summed E-state index contributed by atoms with van der Waals surface area (Å²) in [6, 6.07) is 8.07. The van der Waals surface area contributed by atoms with Gasteiger partial charge in [0.25, 0.3) is 0 Å². The summed E-state index contributed by atoms with van der Waals surface area (Å²) in [6.45, 7) is 0.786. The average molecular weight is 281 g/mol. The van der Waals surface area contributed by atoms with E-state index in [9.17, 15) is 0 Å². The van der Waals surface area contributed by atoms with Crippen LogP contribution < -0.4 is 5.32 Å². The van der Waals surface area contributed by atoms with Crippen molar-refractivity contribution >= 4 is 50.2 Å². The van der Waals surface area contributed by atoms with E-state index in [0.717, 1.165) is 27.5 Å². The zero-order valence-corrected chi connectivity index (χ0v) is 11.2. The van der Waals surface area contributed by atoms with Crippen molar-refractivity contribution in [1.29, 1.82) is 0 Å². The van der Waals surface area contributed by atoms with Gasteiger partial charge in [-0.05, 0) is 23.6 Å². The molecule has 0 spiro atoms. The Kier molecular flexibility index (Phi) is 3.01. The van der Waals surface area contributed by atoms with Gasteiger partial charge in [-0.3, -0.25) is 0 Å². The molecule has 0 bridgehead atoms. The summed E-state index contributed by atoms with van der Waals surface area (Å²) >= 11 is 9.56. The average Bonchev–Trinajstić information content (AvgIpc) is 2.97. The van der Waals surface area contributed by atoms with Crippen LogP contribution >= 0.6 is 34.3 Å². The molecule has 0 saturated carbocycles. The highest BCUT2D eigenvalue weighted by Gasteiger charge is 2.08. The molecule has 2 heterocycles. The van der Waals surface area contributed by atoms with Gasteiger partial charge in [0.15, 0.2) is 0 Å². The highest BCUT2D eigenvalue weighted by atomic mass is 35.5. The molecular weight excluding hydrogens is 272 g/mol. The lowest BCUT2D eigenvalue weighted by molar-refractivity contribution is 1.20. The third kappa shape index (κ3) is 2.16. The molecule has 0 saturated heterocycles. The molecule has 2 aromatic heterocycles. The lowest BCUT2D eigenvalue weighted by atomic mass is 10.3. The summed E-state index contributed by atoms with van der Waals surface area (Å²) in [5, 5.41) is 6.16. The summed E-state index contributed by atoms with van der Waals surface area (Å²) < 4.78 is 1.16. The van der Waals surface area contributed by atoms with Gasteiger partial charge < -0.3 is 5.32 Å². The Hall–Kier alpha value is -1.10. The van der Waals surface area contributed by atoms with Crippen molar-refractivity contribution in [2.45, 2.75) is 6.54 Å². The van der Waals surface area contributed by atoms with Crippen molar-refractivity contribution in [3.63, 3.8) is 0 Å². The van der Waals surface area contributed by atoms with Gasteiger partial charge in [0.05, 0.1) is 20.9 Å². The number of rotatable bonds is 3. The third-order valence-corrected chi connectivity index (χ3v) is 4.46. The van der Waals surface area contributed by atoms with Crippen molar-refractivity contribution in [3.05, 3.63) is 45.1 Å². The Labute approximate surface area is 112 Å². The van der Waals surface area contributed by atoms with Crippen LogP contribution in [-0.4, -0.2) is 4.98 Å². The Morgan fingerprint density at radius 1 is 1.24 bits per heavy atom. The molecule has 0 amide bonds. The molecule has 0 radical (unpaired) electrons. The number of anilines is 1. The normalized spacial score (nSPS) is 10.9. The quantitative estimate of drug-likeness (QED) is 0.757.